The van der Waals surface area contributed by atoms with Crippen LogP contribution in [0.2, 0.25) is 5.02 Å². The van der Waals surface area contributed by atoms with E-state index in [9.17, 15) is 9.90 Å². The Bertz CT molecular complexity index is 766. The van der Waals surface area contributed by atoms with E-state index in [1.807, 2.05) is 24.3 Å². The van der Waals surface area contributed by atoms with Crippen LogP contribution in [0.15, 0.2) is 24.3 Å². The quantitative estimate of drug-likeness (QED) is 0.822. The van der Waals surface area contributed by atoms with Gasteiger partial charge in [0.2, 0.25) is 0 Å². The number of halogens is 1. The van der Waals surface area contributed by atoms with Crippen LogP contribution in [0.25, 0.3) is 11.3 Å². The molecule has 5 nitrogen and oxygen atoms in total. The van der Waals surface area contributed by atoms with E-state index in [-0.39, 0.29) is 0 Å². The van der Waals surface area contributed by atoms with Crippen LogP contribution in [0.4, 0.5) is 4.79 Å². The molecule has 0 atom stereocenters. The first-order valence-corrected chi connectivity index (χ1v) is 9.73. The van der Waals surface area contributed by atoms with E-state index in [2.05, 4.69) is 18.5 Å². The van der Waals surface area contributed by atoms with Gasteiger partial charge in [0.15, 0.2) is 0 Å². The van der Waals surface area contributed by atoms with Gasteiger partial charge in [-0.3, -0.25) is 4.68 Å². The van der Waals surface area contributed by atoms with E-state index >= 15 is 0 Å². The number of amides is 1. The number of aromatic nitrogens is 2. The van der Waals surface area contributed by atoms with Crippen molar-refractivity contribution in [2.75, 3.05) is 13.1 Å². The fourth-order valence-electron chi connectivity index (χ4n) is 3.66. The Morgan fingerprint density at radius 3 is 2.46 bits per heavy atom. The molecular formula is C20H26ClN3O2. The highest BCUT2D eigenvalue weighted by Crippen LogP contribution is 2.31. The molecule has 0 aliphatic carbocycles. The summed E-state index contributed by atoms with van der Waals surface area (Å²) < 4.78 is 2.14. The molecule has 1 aliphatic heterocycles. The Kier molecular flexibility index (Phi) is 5.87. The summed E-state index contributed by atoms with van der Waals surface area (Å²) in [5.74, 6) is 0.583. The number of carboxylic acid groups (broad SMARTS) is 1. The summed E-state index contributed by atoms with van der Waals surface area (Å²) in [5, 5.41) is 14.9. The van der Waals surface area contributed by atoms with Gasteiger partial charge in [-0.05, 0) is 24.5 Å². The lowest BCUT2D eigenvalue weighted by atomic mass is 10.0. The third kappa shape index (κ3) is 3.88. The first kappa shape index (κ1) is 18.8. The van der Waals surface area contributed by atoms with Gasteiger partial charge < -0.3 is 10.0 Å². The Morgan fingerprint density at radius 1 is 1.19 bits per heavy atom. The van der Waals surface area contributed by atoms with Crippen LogP contribution >= 0.6 is 11.6 Å². The van der Waals surface area contributed by atoms with Gasteiger partial charge in [-0.2, -0.15) is 5.10 Å². The number of fused-ring (bicyclic) bond motifs is 1. The zero-order valence-corrected chi connectivity index (χ0v) is 16.2. The summed E-state index contributed by atoms with van der Waals surface area (Å²) in [5.41, 5.74) is 4.43. The lowest BCUT2D eigenvalue weighted by molar-refractivity contribution is 0.147. The third-order valence-electron chi connectivity index (χ3n) is 5.36. The number of rotatable bonds is 5. The maximum atomic E-state index is 11.3. The van der Waals surface area contributed by atoms with Crippen molar-refractivity contribution in [1.29, 1.82) is 0 Å². The van der Waals surface area contributed by atoms with Crippen LogP contribution in [0.3, 0.4) is 0 Å². The first-order valence-electron chi connectivity index (χ1n) is 9.35. The van der Waals surface area contributed by atoms with Crippen LogP contribution in [0.5, 0.6) is 0 Å². The van der Waals surface area contributed by atoms with Crippen LogP contribution in [0.1, 0.15) is 37.9 Å². The van der Waals surface area contributed by atoms with E-state index in [0.717, 1.165) is 36.3 Å². The van der Waals surface area contributed by atoms with Gasteiger partial charge in [0.25, 0.3) is 0 Å². The van der Waals surface area contributed by atoms with Crippen LogP contribution in [-0.2, 0) is 19.4 Å². The molecule has 0 bridgehead atoms. The molecule has 1 aromatic carbocycles. The second-order valence-corrected chi connectivity index (χ2v) is 7.35. The molecule has 2 heterocycles. The van der Waals surface area contributed by atoms with E-state index in [0.29, 0.717) is 36.9 Å². The summed E-state index contributed by atoms with van der Waals surface area (Å²) in [7, 11) is 0. The third-order valence-corrected chi connectivity index (χ3v) is 5.61. The molecule has 2 aromatic rings. The molecule has 6 heteroatoms. The minimum atomic E-state index is -0.854. The summed E-state index contributed by atoms with van der Waals surface area (Å²) in [6.45, 7) is 6.34. The molecule has 0 saturated heterocycles. The molecule has 26 heavy (non-hydrogen) atoms. The predicted octanol–water partition coefficient (Wildman–Crippen LogP) is 4.72. The van der Waals surface area contributed by atoms with Gasteiger partial charge in [-0.15, -0.1) is 0 Å². The van der Waals surface area contributed by atoms with Crippen molar-refractivity contribution < 1.29 is 9.90 Å². The standard InChI is InChI=1S/C20H26ClN3O2/c1-3-14(4-2)13-24-19(15-5-7-16(21)8-6-15)17-9-11-23(20(25)26)12-10-18(17)22-24/h5-8,14H,3-4,9-13H2,1-2H3,(H,25,26). The fourth-order valence-corrected chi connectivity index (χ4v) is 3.78. The molecule has 140 valence electrons. The molecule has 0 radical (unpaired) electrons. The summed E-state index contributed by atoms with van der Waals surface area (Å²) in [6, 6.07) is 7.86. The number of hydrogen-bond acceptors (Lipinski definition) is 2. The van der Waals surface area contributed by atoms with Crippen LogP contribution < -0.4 is 0 Å². The molecule has 0 unspecified atom stereocenters. The number of hydrogen-bond donors (Lipinski definition) is 1. The van der Waals surface area contributed by atoms with Crippen molar-refractivity contribution in [1.82, 2.24) is 14.7 Å². The van der Waals surface area contributed by atoms with Crippen molar-refractivity contribution in [3.05, 3.63) is 40.5 Å². The maximum absolute atomic E-state index is 11.3. The smallest absolute Gasteiger partial charge is 0.407 e. The molecule has 3 rings (SSSR count). The van der Waals surface area contributed by atoms with Gasteiger partial charge in [-0.25, -0.2) is 4.79 Å². The normalized spacial score (nSPS) is 14.4. The Morgan fingerprint density at radius 2 is 1.85 bits per heavy atom. The zero-order valence-electron chi connectivity index (χ0n) is 15.4. The summed E-state index contributed by atoms with van der Waals surface area (Å²) in [4.78, 5) is 12.8. The Hall–Kier alpha value is -2.01. The zero-order chi connectivity index (χ0) is 18.7. The minimum Gasteiger partial charge on any atom is -0.465 e. The molecule has 0 saturated carbocycles. The van der Waals surface area contributed by atoms with Crippen LogP contribution in [0, 0.1) is 5.92 Å². The van der Waals surface area contributed by atoms with E-state index in [1.54, 1.807) is 0 Å². The highest BCUT2D eigenvalue weighted by atomic mass is 35.5. The first-order chi connectivity index (χ1) is 12.5. The van der Waals surface area contributed by atoms with Crippen molar-refractivity contribution in [2.24, 2.45) is 5.92 Å². The minimum absolute atomic E-state index is 0.504. The van der Waals surface area contributed by atoms with Gasteiger partial charge in [-0.1, -0.05) is 50.4 Å². The highest BCUT2D eigenvalue weighted by molar-refractivity contribution is 6.30. The number of benzene rings is 1. The number of carbonyl (C=O) groups is 1. The largest absolute Gasteiger partial charge is 0.465 e. The van der Waals surface area contributed by atoms with Crippen molar-refractivity contribution in [3.8, 4) is 11.3 Å². The Balaban J connectivity index is 2.02. The maximum Gasteiger partial charge on any atom is 0.407 e. The summed E-state index contributed by atoms with van der Waals surface area (Å²) >= 11 is 6.07. The topological polar surface area (TPSA) is 58.4 Å². The van der Waals surface area contributed by atoms with Crippen molar-refractivity contribution in [2.45, 2.75) is 46.1 Å². The lowest BCUT2D eigenvalue weighted by Crippen LogP contribution is -2.31. The average Bonchev–Trinajstić information content (AvgIpc) is 2.83. The molecule has 1 aromatic heterocycles. The molecular weight excluding hydrogens is 350 g/mol. The highest BCUT2D eigenvalue weighted by Gasteiger charge is 2.25. The van der Waals surface area contributed by atoms with E-state index in [4.69, 9.17) is 16.7 Å². The SMILES string of the molecule is CCC(CC)Cn1nc2c(c1-c1ccc(Cl)cc1)CCN(C(=O)O)CC2. The molecule has 1 amide bonds. The fraction of sp³-hybridized carbons (Fsp3) is 0.500. The molecule has 0 fully saturated rings. The summed E-state index contributed by atoms with van der Waals surface area (Å²) in [6.07, 6.45) is 2.75. The predicted molar refractivity (Wildman–Crippen MR) is 104 cm³/mol. The van der Waals surface area contributed by atoms with Crippen molar-refractivity contribution >= 4 is 17.7 Å². The molecule has 1 aliphatic rings. The van der Waals surface area contributed by atoms with Gasteiger partial charge in [0.1, 0.15) is 0 Å². The van der Waals surface area contributed by atoms with E-state index < -0.39 is 6.09 Å². The van der Waals surface area contributed by atoms with Crippen molar-refractivity contribution in [3.63, 3.8) is 0 Å². The van der Waals surface area contributed by atoms with Gasteiger partial charge >= 0.3 is 6.09 Å². The Labute approximate surface area is 159 Å². The van der Waals surface area contributed by atoms with Crippen LogP contribution in [-0.4, -0.2) is 39.0 Å². The molecule has 0 spiro atoms. The lowest BCUT2D eigenvalue weighted by Gasteiger charge is -2.18. The monoisotopic (exact) mass is 375 g/mol. The van der Waals surface area contributed by atoms with Gasteiger partial charge in [0.05, 0.1) is 11.4 Å². The number of nitrogens with zero attached hydrogens (tertiary/aromatic N) is 3. The van der Waals surface area contributed by atoms with E-state index in [1.165, 1.54) is 10.5 Å². The second-order valence-electron chi connectivity index (χ2n) is 6.92. The average molecular weight is 376 g/mol. The molecule has 1 N–H and O–H groups in total. The second kappa shape index (κ2) is 8.12. The van der Waals surface area contributed by atoms with Gasteiger partial charge in [0, 0.05) is 42.2 Å².